The zero-order chi connectivity index (χ0) is 13.7. The van der Waals surface area contributed by atoms with E-state index in [9.17, 15) is 9.59 Å². The first-order valence-corrected chi connectivity index (χ1v) is 6.72. The second kappa shape index (κ2) is 6.52. The van der Waals surface area contributed by atoms with Gasteiger partial charge in [-0.15, -0.1) is 0 Å². The molecule has 1 aliphatic rings. The molecular weight excluding hydrogens is 244 g/mol. The van der Waals surface area contributed by atoms with E-state index in [4.69, 9.17) is 4.74 Å². The highest BCUT2D eigenvalue weighted by Crippen LogP contribution is 2.28. The third kappa shape index (κ3) is 4.52. The third-order valence-corrected chi connectivity index (χ3v) is 3.10. The average molecular weight is 264 g/mol. The van der Waals surface area contributed by atoms with Gasteiger partial charge in [0, 0.05) is 37.7 Å². The van der Waals surface area contributed by atoms with Crippen LogP contribution in [-0.4, -0.2) is 30.6 Å². The third-order valence-electron chi connectivity index (χ3n) is 3.10. The predicted molar refractivity (Wildman–Crippen MR) is 72.3 cm³/mol. The minimum Gasteiger partial charge on any atom is -0.381 e. The number of pyridine rings is 1. The number of rotatable bonds is 7. The number of aromatic amines is 1. The van der Waals surface area contributed by atoms with Gasteiger partial charge in [0.1, 0.15) is 5.56 Å². The Morgan fingerprint density at radius 3 is 3.00 bits per heavy atom. The fraction of sp³-hybridized carbons (Fsp3) is 0.571. The molecule has 0 aliphatic heterocycles. The van der Waals surface area contributed by atoms with Gasteiger partial charge in [0.05, 0.1) is 0 Å². The monoisotopic (exact) mass is 264 g/mol. The van der Waals surface area contributed by atoms with Crippen LogP contribution in [0.5, 0.6) is 0 Å². The van der Waals surface area contributed by atoms with Crippen molar-refractivity contribution in [2.75, 3.05) is 19.8 Å². The molecule has 1 aromatic rings. The molecule has 5 nitrogen and oxygen atoms in total. The highest BCUT2D eigenvalue weighted by molar-refractivity contribution is 5.93. The maximum Gasteiger partial charge on any atom is 0.256 e. The first kappa shape index (κ1) is 13.8. The van der Waals surface area contributed by atoms with Crippen LogP contribution in [0.15, 0.2) is 17.1 Å². The van der Waals surface area contributed by atoms with Crippen LogP contribution in [-0.2, 0) is 4.74 Å². The minimum absolute atomic E-state index is 0.157. The van der Waals surface area contributed by atoms with Crippen molar-refractivity contribution in [3.8, 4) is 0 Å². The van der Waals surface area contributed by atoms with Crippen LogP contribution < -0.4 is 10.7 Å². The van der Waals surface area contributed by atoms with Crippen molar-refractivity contribution >= 4 is 5.91 Å². The highest BCUT2D eigenvalue weighted by atomic mass is 16.5. The summed E-state index contributed by atoms with van der Waals surface area (Å²) in [6.45, 7) is 3.80. The van der Waals surface area contributed by atoms with Gasteiger partial charge in [0.2, 0.25) is 0 Å². The van der Waals surface area contributed by atoms with Gasteiger partial charge in [-0.05, 0) is 32.1 Å². The van der Waals surface area contributed by atoms with Crippen molar-refractivity contribution in [1.29, 1.82) is 0 Å². The van der Waals surface area contributed by atoms with E-state index in [1.807, 2.05) is 0 Å². The number of amides is 1. The summed E-state index contributed by atoms with van der Waals surface area (Å²) in [5.74, 6) is 0.434. The molecule has 0 unspecified atom stereocenters. The van der Waals surface area contributed by atoms with Crippen LogP contribution in [0.25, 0.3) is 0 Å². The van der Waals surface area contributed by atoms with Gasteiger partial charge in [-0.3, -0.25) is 9.59 Å². The van der Waals surface area contributed by atoms with Gasteiger partial charge in [0.15, 0.2) is 5.43 Å². The molecule has 19 heavy (non-hydrogen) atoms. The summed E-state index contributed by atoms with van der Waals surface area (Å²) in [6, 6.07) is 1.42. The van der Waals surface area contributed by atoms with E-state index in [-0.39, 0.29) is 16.9 Å². The molecule has 2 rings (SSSR count). The normalized spacial score (nSPS) is 14.4. The van der Waals surface area contributed by atoms with E-state index >= 15 is 0 Å². The van der Waals surface area contributed by atoms with Crippen molar-refractivity contribution < 1.29 is 9.53 Å². The molecule has 0 spiro atoms. The number of carbonyl (C=O) groups is 1. The molecule has 1 fully saturated rings. The zero-order valence-electron chi connectivity index (χ0n) is 11.2. The molecule has 1 aromatic heterocycles. The Morgan fingerprint density at radius 1 is 1.53 bits per heavy atom. The molecule has 1 amide bonds. The highest BCUT2D eigenvalue weighted by Gasteiger charge is 2.20. The summed E-state index contributed by atoms with van der Waals surface area (Å²) in [7, 11) is 0. The van der Waals surface area contributed by atoms with Crippen molar-refractivity contribution in [1.82, 2.24) is 10.3 Å². The van der Waals surface area contributed by atoms with Gasteiger partial charge in [-0.1, -0.05) is 0 Å². The van der Waals surface area contributed by atoms with Gasteiger partial charge < -0.3 is 15.0 Å². The Labute approximate surface area is 112 Å². The summed E-state index contributed by atoms with van der Waals surface area (Å²) in [5, 5.41) is 2.72. The molecule has 2 N–H and O–H groups in total. The Hall–Kier alpha value is -1.62. The lowest BCUT2D eigenvalue weighted by atomic mass is 10.2. The van der Waals surface area contributed by atoms with E-state index in [1.165, 1.54) is 25.1 Å². The lowest BCUT2D eigenvalue weighted by Crippen LogP contribution is -2.30. The van der Waals surface area contributed by atoms with Crippen molar-refractivity contribution in [2.24, 2.45) is 5.92 Å². The largest absolute Gasteiger partial charge is 0.381 e. The Morgan fingerprint density at radius 2 is 2.32 bits per heavy atom. The van der Waals surface area contributed by atoms with Gasteiger partial charge in [-0.2, -0.15) is 0 Å². The van der Waals surface area contributed by atoms with Crippen molar-refractivity contribution in [2.45, 2.75) is 26.2 Å². The number of hydrogen-bond donors (Lipinski definition) is 2. The maximum absolute atomic E-state index is 11.8. The molecule has 104 valence electrons. The molecular formula is C14H20N2O3. The topological polar surface area (TPSA) is 71.2 Å². The summed E-state index contributed by atoms with van der Waals surface area (Å²) < 4.78 is 5.47. The Balaban J connectivity index is 1.66. The van der Waals surface area contributed by atoms with Gasteiger partial charge in [0.25, 0.3) is 5.91 Å². The molecule has 0 radical (unpaired) electrons. The summed E-state index contributed by atoms with van der Waals surface area (Å²) in [5.41, 5.74) is 0.651. The number of aryl methyl sites for hydroxylation is 1. The summed E-state index contributed by atoms with van der Waals surface area (Å²) >= 11 is 0. The predicted octanol–water partition coefficient (Wildman–Crippen LogP) is 1.23. The number of ether oxygens (including phenoxy) is 1. The second-order valence-electron chi connectivity index (χ2n) is 5.02. The lowest BCUT2D eigenvalue weighted by molar-refractivity contribution is 0.0936. The molecule has 0 atom stereocenters. The van der Waals surface area contributed by atoms with E-state index in [0.717, 1.165) is 24.6 Å². The summed E-state index contributed by atoms with van der Waals surface area (Å²) in [6.07, 6.45) is 4.79. The second-order valence-corrected chi connectivity index (χ2v) is 5.02. The number of H-pyrrole nitrogens is 1. The van der Waals surface area contributed by atoms with Crippen LogP contribution in [0, 0.1) is 12.8 Å². The number of carbonyl (C=O) groups excluding carboxylic acids is 1. The van der Waals surface area contributed by atoms with Crippen molar-refractivity contribution in [3.63, 3.8) is 0 Å². The maximum atomic E-state index is 11.8. The molecule has 0 saturated heterocycles. The quantitative estimate of drug-likeness (QED) is 0.728. The first-order chi connectivity index (χ1) is 9.16. The SMILES string of the molecule is Cc1cc(=O)c(C(=O)NCCCOCC2CC2)c[nH]1. The first-order valence-electron chi connectivity index (χ1n) is 6.72. The van der Waals surface area contributed by atoms with Crippen LogP contribution in [0.4, 0.5) is 0 Å². The van der Waals surface area contributed by atoms with E-state index in [1.54, 1.807) is 6.92 Å². The molecule has 1 heterocycles. The van der Waals surface area contributed by atoms with Crippen LogP contribution >= 0.6 is 0 Å². The minimum atomic E-state index is -0.330. The lowest BCUT2D eigenvalue weighted by Gasteiger charge is -2.06. The zero-order valence-corrected chi connectivity index (χ0v) is 11.2. The fourth-order valence-electron chi connectivity index (χ4n) is 1.76. The molecule has 1 aliphatic carbocycles. The Kier molecular flexibility index (Phi) is 4.74. The van der Waals surface area contributed by atoms with Crippen LogP contribution in [0.1, 0.15) is 35.3 Å². The van der Waals surface area contributed by atoms with E-state index < -0.39 is 0 Å². The summed E-state index contributed by atoms with van der Waals surface area (Å²) in [4.78, 5) is 26.2. The Bertz CT molecular complexity index is 492. The van der Waals surface area contributed by atoms with Crippen LogP contribution in [0.3, 0.4) is 0 Å². The molecule has 0 bridgehead atoms. The number of nitrogens with one attached hydrogen (secondary N) is 2. The number of hydrogen-bond acceptors (Lipinski definition) is 3. The van der Waals surface area contributed by atoms with Gasteiger partial charge in [-0.25, -0.2) is 0 Å². The van der Waals surface area contributed by atoms with Gasteiger partial charge >= 0.3 is 0 Å². The van der Waals surface area contributed by atoms with Crippen molar-refractivity contribution in [3.05, 3.63) is 33.7 Å². The smallest absolute Gasteiger partial charge is 0.256 e. The van der Waals surface area contributed by atoms with E-state index in [2.05, 4.69) is 10.3 Å². The fourth-order valence-corrected chi connectivity index (χ4v) is 1.76. The number of aromatic nitrogens is 1. The molecule has 1 saturated carbocycles. The standard InChI is InChI=1S/C14H20N2O3/c1-10-7-13(17)12(8-16-10)14(18)15-5-2-6-19-9-11-3-4-11/h7-8,11H,2-6,9H2,1H3,(H,15,18)(H,16,17). The van der Waals surface area contributed by atoms with E-state index in [0.29, 0.717) is 13.2 Å². The van der Waals surface area contributed by atoms with Crippen LogP contribution in [0.2, 0.25) is 0 Å². The average Bonchev–Trinajstić information content (AvgIpc) is 3.17. The molecule has 5 heteroatoms. The molecule has 0 aromatic carbocycles.